The van der Waals surface area contributed by atoms with E-state index in [4.69, 9.17) is 5.73 Å². The second-order valence-corrected chi connectivity index (χ2v) is 6.01. The molecule has 0 aromatic heterocycles. The Morgan fingerprint density at radius 3 is 2.70 bits per heavy atom. The maximum Gasteiger partial charge on any atom is 0.315 e. The van der Waals surface area contributed by atoms with Crippen molar-refractivity contribution in [2.24, 2.45) is 5.73 Å². The molecule has 1 aromatic carbocycles. The number of hydrogen-bond acceptors (Lipinski definition) is 3. The van der Waals surface area contributed by atoms with Crippen molar-refractivity contribution in [1.82, 2.24) is 15.5 Å². The molecule has 1 aliphatic rings. The number of likely N-dealkylation sites (tertiary alicyclic amines) is 1. The fraction of sp³-hybridized carbons (Fsp3) is 0.529. The molecular weight excluding hydrogens is 292 g/mol. The van der Waals surface area contributed by atoms with Gasteiger partial charge in [-0.25, -0.2) is 4.79 Å². The van der Waals surface area contributed by atoms with Crippen molar-refractivity contribution in [1.29, 1.82) is 0 Å². The summed E-state index contributed by atoms with van der Waals surface area (Å²) < 4.78 is 0. The highest BCUT2D eigenvalue weighted by molar-refractivity contribution is 5.92. The fourth-order valence-corrected chi connectivity index (χ4v) is 2.87. The lowest BCUT2D eigenvalue weighted by molar-refractivity contribution is 0.1000. The summed E-state index contributed by atoms with van der Waals surface area (Å²) in [5.74, 6) is -0.463. The third-order valence-electron chi connectivity index (χ3n) is 4.13. The molecule has 6 nitrogen and oxygen atoms in total. The first-order chi connectivity index (χ1) is 11.1. The number of amides is 3. The van der Waals surface area contributed by atoms with Gasteiger partial charge in [-0.15, -0.1) is 0 Å². The Hall–Kier alpha value is -2.08. The van der Waals surface area contributed by atoms with Crippen LogP contribution in [0.25, 0.3) is 0 Å². The van der Waals surface area contributed by atoms with Crippen LogP contribution in [0.4, 0.5) is 4.79 Å². The van der Waals surface area contributed by atoms with E-state index < -0.39 is 5.91 Å². The van der Waals surface area contributed by atoms with Crippen molar-refractivity contribution in [3.05, 3.63) is 35.4 Å². The number of nitrogens with zero attached hydrogens (tertiary/aromatic N) is 1. The molecule has 1 aromatic rings. The van der Waals surface area contributed by atoms with Gasteiger partial charge in [0.15, 0.2) is 0 Å². The van der Waals surface area contributed by atoms with Crippen molar-refractivity contribution < 1.29 is 9.59 Å². The van der Waals surface area contributed by atoms with Gasteiger partial charge in [0.1, 0.15) is 0 Å². The van der Waals surface area contributed by atoms with Crippen molar-refractivity contribution in [2.75, 3.05) is 19.6 Å². The van der Waals surface area contributed by atoms with E-state index in [1.165, 1.54) is 6.42 Å². The number of rotatable bonds is 6. The monoisotopic (exact) mass is 318 g/mol. The van der Waals surface area contributed by atoms with E-state index in [1.54, 1.807) is 18.2 Å². The number of carbonyl (C=O) groups is 2. The molecule has 23 heavy (non-hydrogen) atoms. The number of hydrogen-bond donors (Lipinski definition) is 3. The van der Waals surface area contributed by atoms with Crippen molar-refractivity contribution in [3.8, 4) is 0 Å². The van der Waals surface area contributed by atoms with Crippen LogP contribution in [-0.4, -0.2) is 42.5 Å². The van der Waals surface area contributed by atoms with Gasteiger partial charge in [0.25, 0.3) is 0 Å². The Kier molecular flexibility index (Phi) is 6.40. The standard InChI is InChI=1S/C17H26N4O2/c1-2-8-21-9-6-15(7-10-21)20-17(23)19-12-13-4-3-5-14(11-13)16(18)22/h3-5,11,15H,2,6-10,12H2,1H3,(H2,18,22)(H2,19,20,23). The minimum Gasteiger partial charge on any atom is -0.366 e. The lowest BCUT2D eigenvalue weighted by Crippen LogP contribution is -2.47. The van der Waals surface area contributed by atoms with Gasteiger partial charge in [-0.1, -0.05) is 19.1 Å². The van der Waals surface area contributed by atoms with Crippen LogP contribution < -0.4 is 16.4 Å². The highest BCUT2D eigenvalue weighted by atomic mass is 16.2. The summed E-state index contributed by atoms with van der Waals surface area (Å²) in [5.41, 5.74) is 6.56. The van der Waals surface area contributed by atoms with Crippen LogP contribution in [0.15, 0.2) is 24.3 Å². The number of carbonyl (C=O) groups excluding carboxylic acids is 2. The molecule has 0 saturated carbocycles. The predicted octanol–water partition coefficient (Wildman–Crippen LogP) is 1.46. The third-order valence-corrected chi connectivity index (χ3v) is 4.13. The molecule has 3 amide bonds. The van der Waals surface area contributed by atoms with Gasteiger partial charge >= 0.3 is 6.03 Å². The molecule has 126 valence electrons. The van der Waals surface area contributed by atoms with Gasteiger partial charge < -0.3 is 21.3 Å². The summed E-state index contributed by atoms with van der Waals surface area (Å²) in [5, 5.41) is 5.85. The summed E-state index contributed by atoms with van der Waals surface area (Å²) in [6.45, 7) is 5.78. The number of nitrogens with one attached hydrogen (secondary N) is 2. The van der Waals surface area contributed by atoms with E-state index in [-0.39, 0.29) is 12.1 Å². The average Bonchev–Trinajstić information content (AvgIpc) is 2.55. The number of nitrogens with two attached hydrogens (primary N) is 1. The quantitative estimate of drug-likeness (QED) is 0.742. The third kappa shape index (κ3) is 5.56. The van der Waals surface area contributed by atoms with Crippen LogP contribution in [0.1, 0.15) is 42.1 Å². The molecule has 1 heterocycles. The lowest BCUT2D eigenvalue weighted by atomic mass is 10.1. The zero-order valence-electron chi connectivity index (χ0n) is 13.7. The summed E-state index contributed by atoms with van der Waals surface area (Å²) in [6, 6.07) is 7.06. The number of benzene rings is 1. The van der Waals surface area contributed by atoms with Gasteiger partial charge in [-0.3, -0.25) is 4.79 Å². The van der Waals surface area contributed by atoms with E-state index >= 15 is 0 Å². The molecule has 0 atom stereocenters. The van der Waals surface area contributed by atoms with E-state index in [2.05, 4.69) is 22.5 Å². The van der Waals surface area contributed by atoms with Crippen LogP contribution in [0.5, 0.6) is 0 Å². The van der Waals surface area contributed by atoms with E-state index in [1.807, 2.05) is 6.07 Å². The summed E-state index contributed by atoms with van der Waals surface area (Å²) in [6.07, 6.45) is 3.15. The second kappa shape index (κ2) is 8.53. The van der Waals surface area contributed by atoms with Crippen LogP contribution in [0.3, 0.4) is 0 Å². The average molecular weight is 318 g/mol. The normalized spacial score (nSPS) is 16.0. The Morgan fingerprint density at radius 1 is 1.30 bits per heavy atom. The van der Waals surface area contributed by atoms with Gasteiger partial charge in [0.05, 0.1) is 0 Å². The van der Waals surface area contributed by atoms with Crippen LogP contribution in [0, 0.1) is 0 Å². The van der Waals surface area contributed by atoms with Crippen molar-refractivity contribution in [3.63, 3.8) is 0 Å². The fourth-order valence-electron chi connectivity index (χ4n) is 2.87. The minimum absolute atomic E-state index is 0.164. The zero-order valence-corrected chi connectivity index (χ0v) is 13.7. The molecule has 4 N–H and O–H groups in total. The van der Waals surface area contributed by atoms with E-state index in [0.29, 0.717) is 12.1 Å². The Labute approximate surface area is 137 Å². The van der Waals surface area contributed by atoms with E-state index in [9.17, 15) is 9.59 Å². The van der Waals surface area contributed by atoms with Crippen LogP contribution in [-0.2, 0) is 6.54 Å². The topological polar surface area (TPSA) is 87.5 Å². The Bertz CT molecular complexity index is 539. The predicted molar refractivity (Wildman–Crippen MR) is 90.1 cm³/mol. The highest BCUT2D eigenvalue weighted by Gasteiger charge is 2.19. The minimum atomic E-state index is -0.463. The molecule has 1 aliphatic heterocycles. The van der Waals surface area contributed by atoms with E-state index in [0.717, 1.165) is 38.0 Å². The van der Waals surface area contributed by atoms with Gasteiger partial charge in [-0.05, 0) is 43.5 Å². The summed E-state index contributed by atoms with van der Waals surface area (Å²) >= 11 is 0. The molecule has 1 fully saturated rings. The zero-order chi connectivity index (χ0) is 16.7. The van der Waals surface area contributed by atoms with Gasteiger partial charge in [0.2, 0.25) is 5.91 Å². The molecule has 2 rings (SSSR count). The number of urea groups is 1. The van der Waals surface area contributed by atoms with Crippen LogP contribution >= 0.6 is 0 Å². The largest absolute Gasteiger partial charge is 0.366 e. The highest BCUT2D eigenvalue weighted by Crippen LogP contribution is 2.10. The lowest BCUT2D eigenvalue weighted by Gasteiger charge is -2.32. The Balaban J connectivity index is 1.73. The number of piperidine rings is 1. The SMILES string of the molecule is CCCN1CCC(NC(=O)NCc2cccc(C(N)=O)c2)CC1. The molecule has 6 heteroatoms. The molecule has 0 spiro atoms. The number of primary amides is 1. The maximum absolute atomic E-state index is 12.0. The molecule has 0 unspecified atom stereocenters. The second-order valence-electron chi connectivity index (χ2n) is 6.01. The molecular formula is C17H26N4O2. The van der Waals surface area contributed by atoms with Gasteiger partial charge in [-0.2, -0.15) is 0 Å². The molecule has 0 aliphatic carbocycles. The summed E-state index contributed by atoms with van der Waals surface area (Å²) in [7, 11) is 0. The molecule has 0 bridgehead atoms. The van der Waals surface area contributed by atoms with Crippen molar-refractivity contribution in [2.45, 2.75) is 38.8 Å². The first kappa shape index (κ1) is 17.3. The Morgan fingerprint density at radius 2 is 2.04 bits per heavy atom. The molecule has 0 radical (unpaired) electrons. The van der Waals surface area contributed by atoms with Gasteiger partial charge in [0, 0.05) is 31.2 Å². The maximum atomic E-state index is 12.0. The smallest absolute Gasteiger partial charge is 0.315 e. The summed E-state index contributed by atoms with van der Waals surface area (Å²) in [4.78, 5) is 25.6. The van der Waals surface area contributed by atoms with Crippen LogP contribution in [0.2, 0.25) is 0 Å². The first-order valence-corrected chi connectivity index (χ1v) is 8.24. The first-order valence-electron chi connectivity index (χ1n) is 8.24. The van der Waals surface area contributed by atoms with Crippen molar-refractivity contribution >= 4 is 11.9 Å². The molecule has 1 saturated heterocycles.